The number of amides is 2. The average molecular weight is 458 g/mol. The van der Waals surface area contributed by atoms with Gasteiger partial charge in [-0.05, 0) is 50.5 Å². The number of ether oxygens (including phenoxy) is 1. The lowest BCUT2D eigenvalue weighted by molar-refractivity contribution is -0.144. The second-order valence-corrected chi connectivity index (χ2v) is 10.6. The van der Waals surface area contributed by atoms with Gasteiger partial charge in [-0.15, -0.1) is 5.10 Å². The van der Waals surface area contributed by atoms with Gasteiger partial charge in [-0.1, -0.05) is 26.0 Å². The third-order valence-corrected chi connectivity index (χ3v) is 5.51. The normalized spacial score (nSPS) is 19.9. The summed E-state index contributed by atoms with van der Waals surface area (Å²) in [5.41, 5.74) is 0.680. The van der Waals surface area contributed by atoms with E-state index in [4.69, 9.17) is 4.74 Å². The van der Waals surface area contributed by atoms with Crippen LogP contribution in [-0.2, 0) is 9.59 Å². The minimum Gasteiger partial charge on any atom is -0.488 e. The number of nitrogens with one attached hydrogen (secondary N) is 1. The zero-order valence-corrected chi connectivity index (χ0v) is 20.5. The molecule has 1 fully saturated rings. The number of likely N-dealkylation sites (N-methyl/N-ethyl adjacent to an activating group) is 1. The fourth-order valence-corrected chi connectivity index (χ4v) is 4.09. The van der Waals surface area contributed by atoms with Crippen LogP contribution in [0.1, 0.15) is 54.0 Å². The molecule has 2 amide bonds. The summed E-state index contributed by atoms with van der Waals surface area (Å²) in [5, 5.41) is 21.3. The van der Waals surface area contributed by atoms with Crippen molar-refractivity contribution in [3.63, 3.8) is 0 Å². The Morgan fingerprint density at radius 2 is 1.79 bits per heavy atom. The highest BCUT2D eigenvalue weighted by atomic mass is 16.5. The van der Waals surface area contributed by atoms with Crippen molar-refractivity contribution in [1.82, 2.24) is 25.2 Å². The van der Waals surface area contributed by atoms with Crippen LogP contribution in [0.25, 0.3) is 11.3 Å². The third-order valence-electron chi connectivity index (χ3n) is 5.51. The molecule has 3 atom stereocenters. The van der Waals surface area contributed by atoms with Crippen molar-refractivity contribution < 1.29 is 19.4 Å². The van der Waals surface area contributed by atoms with E-state index in [0.29, 0.717) is 5.69 Å². The lowest BCUT2D eigenvalue weighted by Gasteiger charge is -2.34. The van der Waals surface area contributed by atoms with Crippen molar-refractivity contribution in [3.8, 4) is 17.0 Å². The first kappa shape index (κ1) is 24.7. The standard InChI is InChI=1S/C24H35N5O4/c1-23(2,3)20(22(32)28-13-16(30)12-19(28)21(31)25-7)29-14-18(26-27-29)15-8-10-17(11-9-15)33-24(4,5)6/h8-11,14,16,19-20,30H,12-13H2,1-7H3,(H,25,31)/t16?,19?,20-/m1/s1. The van der Waals surface area contributed by atoms with Crippen molar-refractivity contribution in [2.24, 2.45) is 5.41 Å². The van der Waals surface area contributed by atoms with Gasteiger partial charge in [0, 0.05) is 25.6 Å². The molecule has 1 aliphatic rings. The van der Waals surface area contributed by atoms with E-state index in [1.807, 2.05) is 65.8 Å². The molecule has 9 heteroatoms. The van der Waals surface area contributed by atoms with Crippen molar-refractivity contribution in [2.45, 2.75) is 71.8 Å². The fraction of sp³-hybridized carbons (Fsp3) is 0.583. The van der Waals surface area contributed by atoms with Crippen molar-refractivity contribution >= 4 is 11.8 Å². The number of likely N-dealkylation sites (tertiary alicyclic amines) is 1. The van der Waals surface area contributed by atoms with Crippen LogP contribution in [0.5, 0.6) is 5.75 Å². The Labute approximate surface area is 195 Å². The molecule has 2 heterocycles. The molecule has 33 heavy (non-hydrogen) atoms. The monoisotopic (exact) mass is 457 g/mol. The first-order chi connectivity index (χ1) is 15.3. The molecule has 0 spiro atoms. The molecule has 0 bridgehead atoms. The predicted octanol–water partition coefficient (Wildman–Crippen LogP) is 2.42. The molecule has 1 saturated heterocycles. The maximum absolute atomic E-state index is 13.6. The number of β-amino-alcohol motifs (C(OH)–C–C–N with tert-alkyl or cyclic N) is 1. The summed E-state index contributed by atoms with van der Waals surface area (Å²) in [6.45, 7) is 11.9. The van der Waals surface area contributed by atoms with E-state index in [1.54, 1.807) is 10.9 Å². The number of benzene rings is 1. The van der Waals surface area contributed by atoms with E-state index in [9.17, 15) is 14.7 Å². The fourth-order valence-electron chi connectivity index (χ4n) is 4.09. The summed E-state index contributed by atoms with van der Waals surface area (Å²) in [7, 11) is 1.53. The van der Waals surface area contributed by atoms with Gasteiger partial charge in [-0.25, -0.2) is 4.68 Å². The smallest absolute Gasteiger partial charge is 0.248 e. The number of carbonyl (C=O) groups excluding carboxylic acids is 2. The molecule has 0 radical (unpaired) electrons. The van der Waals surface area contributed by atoms with E-state index < -0.39 is 23.6 Å². The van der Waals surface area contributed by atoms with Gasteiger partial charge in [0.2, 0.25) is 11.8 Å². The van der Waals surface area contributed by atoms with Crippen molar-refractivity contribution in [1.29, 1.82) is 0 Å². The molecule has 1 aromatic carbocycles. The van der Waals surface area contributed by atoms with Gasteiger partial charge in [-0.3, -0.25) is 9.59 Å². The second kappa shape index (κ2) is 9.13. The number of aliphatic hydroxyl groups excluding tert-OH is 1. The van der Waals surface area contributed by atoms with Gasteiger partial charge < -0.3 is 20.1 Å². The van der Waals surface area contributed by atoms with E-state index in [1.165, 1.54) is 11.9 Å². The number of aliphatic hydroxyl groups is 1. The van der Waals surface area contributed by atoms with Crippen molar-refractivity contribution in [2.75, 3.05) is 13.6 Å². The molecular weight excluding hydrogens is 422 g/mol. The Morgan fingerprint density at radius 1 is 1.15 bits per heavy atom. The maximum atomic E-state index is 13.6. The third kappa shape index (κ3) is 5.71. The number of rotatable bonds is 5. The quantitative estimate of drug-likeness (QED) is 0.714. The molecule has 180 valence electrons. The van der Waals surface area contributed by atoms with Gasteiger partial charge in [-0.2, -0.15) is 0 Å². The molecule has 9 nitrogen and oxygen atoms in total. The molecular formula is C24H35N5O4. The Bertz CT molecular complexity index is 988. The van der Waals surface area contributed by atoms with E-state index >= 15 is 0 Å². The lowest BCUT2D eigenvalue weighted by Crippen LogP contribution is -2.49. The zero-order chi connectivity index (χ0) is 24.6. The Kier molecular flexibility index (Phi) is 6.83. The highest BCUT2D eigenvalue weighted by molar-refractivity contribution is 5.90. The molecule has 1 aromatic heterocycles. The van der Waals surface area contributed by atoms with Gasteiger partial charge in [0.1, 0.15) is 29.1 Å². The summed E-state index contributed by atoms with van der Waals surface area (Å²) in [4.78, 5) is 27.4. The first-order valence-corrected chi connectivity index (χ1v) is 11.2. The average Bonchev–Trinajstić information content (AvgIpc) is 3.33. The van der Waals surface area contributed by atoms with Crippen LogP contribution >= 0.6 is 0 Å². The molecule has 1 aliphatic heterocycles. The lowest BCUT2D eigenvalue weighted by atomic mass is 9.85. The zero-order valence-electron chi connectivity index (χ0n) is 20.5. The SMILES string of the molecule is CNC(=O)C1CC(O)CN1C(=O)[C@@H](n1cc(-c2ccc(OC(C)(C)C)cc2)nn1)C(C)(C)C. The molecule has 0 aliphatic carbocycles. The van der Waals surface area contributed by atoms with Crippen LogP contribution in [0.15, 0.2) is 30.5 Å². The summed E-state index contributed by atoms with van der Waals surface area (Å²) < 4.78 is 7.43. The van der Waals surface area contributed by atoms with E-state index in [0.717, 1.165) is 11.3 Å². The molecule has 0 saturated carbocycles. The Balaban J connectivity index is 1.88. The van der Waals surface area contributed by atoms with Crippen molar-refractivity contribution in [3.05, 3.63) is 30.5 Å². The highest BCUT2D eigenvalue weighted by Gasteiger charge is 2.45. The van der Waals surface area contributed by atoms with Gasteiger partial charge in [0.15, 0.2) is 0 Å². The van der Waals surface area contributed by atoms with E-state index in [2.05, 4.69) is 15.6 Å². The summed E-state index contributed by atoms with van der Waals surface area (Å²) in [6, 6.07) is 6.17. The van der Waals surface area contributed by atoms with Crippen LogP contribution in [-0.4, -0.2) is 68.2 Å². The van der Waals surface area contributed by atoms with Crippen LogP contribution in [0.4, 0.5) is 0 Å². The molecule has 2 N–H and O–H groups in total. The Hall–Kier alpha value is -2.94. The van der Waals surface area contributed by atoms with Gasteiger partial charge in [0.25, 0.3) is 0 Å². The number of hydrogen-bond acceptors (Lipinski definition) is 6. The van der Waals surface area contributed by atoms with Crippen LogP contribution < -0.4 is 10.1 Å². The largest absolute Gasteiger partial charge is 0.488 e. The highest BCUT2D eigenvalue weighted by Crippen LogP contribution is 2.35. The number of hydrogen-bond donors (Lipinski definition) is 2. The predicted molar refractivity (Wildman–Crippen MR) is 125 cm³/mol. The van der Waals surface area contributed by atoms with Gasteiger partial charge >= 0.3 is 0 Å². The summed E-state index contributed by atoms with van der Waals surface area (Å²) in [5.74, 6) is 0.205. The van der Waals surface area contributed by atoms with Gasteiger partial charge in [0.05, 0.1) is 12.3 Å². The minimum atomic E-state index is -0.739. The topological polar surface area (TPSA) is 110 Å². The summed E-state index contributed by atoms with van der Waals surface area (Å²) >= 11 is 0. The van der Waals surface area contributed by atoms with Crippen LogP contribution in [0, 0.1) is 5.41 Å². The number of aromatic nitrogens is 3. The molecule has 2 aromatic rings. The summed E-state index contributed by atoms with van der Waals surface area (Å²) in [6.07, 6.45) is 1.22. The number of carbonyl (C=O) groups is 2. The maximum Gasteiger partial charge on any atom is 0.248 e. The molecule has 3 rings (SSSR count). The Morgan fingerprint density at radius 3 is 2.33 bits per heavy atom. The second-order valence-electron chi connectivity index (χ2n) is 10.6. The minimum absolute atomic E-state index is 0.111. The molecule has 2 unspecified atom stereocenters. The number of nitrogens with zero attached hydrogens (tertiary/aromatic N) is 4. The van der Waals surface area contributed by atoms with E-state index in [-0.39, 0.29) is 30.4 Å². The van der Waals surface area contributed by atoms with Crippen LogP contribution in [0.2, 0.25) is 0 Å². The van der Waals surface area contributed by atoms with Crippen LogP contribution in [0.3, 0.4) is 0 Å². The first-order valence-electron chi connectivity index (χ1n) is 11.2.